The van der Waals surface area contributed by atoms with Crippen LogP contribution in [-0.2, 0) is 30.8 Å². The molecule has 1 amide bonds. The summed E-state index contributed by atoms with van der Waals surface area (Å²) in [6.07, 6.45) is 2.92. The Hall–Kier alpha value is -2.54. The van der Waals surface area contributed by atoms with Crippen LogP contribution >= 0.6 is 34.7 Å². The Kier molecular flexibility index (Phi) is 8.52. The van der Waals surface area contributed by atoms with Gasteiger partial charge < -0.3 is 14.6 Å². The van der Waals surface area contributed by atoms with Crippen molar-refractivity contribution < 1.29 is 9.53 Å². The summed E-state index contributed by atoms with van der Waals surface area (Å²) in [5.74, 6) is 1.84. The highest BCUT2D eigenvalue weighted by atomic mass is 35.5. The molecular formula is C27H32ClN5O2S2. The number of halogens is 1. The molecule has 0 saturated heterocycles. The van der Waals surface area contributed by atoms with E-state index in [1.807, 2.05) is 30.5 Å². The minimum absolute atomic E-state index is 0.164. The lowest BCUT2D eigenvalue weighted by atomic mass is 9.72. The Balaban J connectivity index is 1.39. The standard InChI is InChI=1S/C27H32ClN5O2S2/c1-6-33-23(14-35-21-11-16(2)7-10-20(21)28)31-32-26(33)36-15-24(34)30-25-19(13-29)18-9-8-17(27(3,4)5)12-22(18)37-25/h7,10-11,17H,6,8-9,12,14-15H2,1-5H3,(H,30,34). The number of amides is 1. The number of ether oxygens (including phenoxy) is 1. The van der Waals surface area contributed by atoms with E-state index in [1.165, 1.54) is 16.6 Å². The first-order chi connectivity index (χ1) is 17.6. The average molecular weight is 558 g/mol. The van der Waals surface area contributed by atoms with Crippen molar-refractivity contribution in [3.05, 3.63) is 50.6 Å². The molecule has 0 fully saturated rings. The highest BCUT2D eigenvalue weighted by Crippen LogP contribution is 2.44. The first-order valence-corrected chi connectivity index (χ1v) is 14.6. The summed E-state index contributed by atoms with van der Waals surface area (Å²) in [6, 6.07) is 7.95. The number of fused-ring (bicyclic) bond motifs is 1. The van der Waals surface area contributed by atoms with Crippen molar-refractivity contribution >= 4 is 45.6 Å². The van der Waals surface area contributed by atoms with Gasteiger partial charge in [-0.1, -0.05) is 50.2 Å². The van der Waals surface area contributed by atoms with Crippen molar-refractivity contribution in [2.75, 3.05) is 11.1 Å². The predicted octanol–water partition coefficient (Wildman–Crippen LogP) is 6.65. The van der Waals surface area contributed by atoms with Crippen LogP contribution in [0.15, 0.2) is 23.4 Å². The van der Waals surface area contributed by atoms with Gasteiger partial charge in [-0.2, -0.15) is 5.26 Å². The summed E-state index contributed by atoms with van der Waals surface area (Å²) in [5.41, 5.74) is 3.01. The van der Waals surface area contributed by atoms with Crippen LogP contribution in [0.25, 0.3) is 0 Å². The van der Waals surface area contributed by atoms with Crippen LogP contribution in [0.4, 0.5) is 5.00 Å². The van der Waals surface area contributed by atoms with Gasteiger partial charge in [-0.3, -0.25) is 4.79 Å². The van der Waals surface area contributed by atoms with E-state index >= 15 is 0 Å². The van der Waals surface area contributed by atoms with Gasteiger partial charge in [-0.25, -0.2) is 0 Å². The number of thiophene rings is 1. The number of nitrogens with one attached hydrogen (secondary N) is 1. The van der Waals surface area contributed by atoms with E-state index in [9.17, 15) is 10.1 Å². The topological polar surface area (TPSA) is 92.8 Å². The van der Waals surface area contributed by atoms with Crippen LogP contribution in [0.5, 0.6) is 5.75 Å². The third-order valence-corrected chi connectivity index (χ3v) is 9.19. The van der Waals surface area contributed by atoms with Gasteiger partial charge in [0.25, 0.3) is 0 Å². The molecule has 1 atom stereocenters. The van der Waals surface area contributed by atoms with Gasteiger partial charge >= 0.3 is 0 Å². The molecule has 1 aromatic carbocycles. The highest BCUT2D eigenvalue weighted by molar-refractivity contribution is 7.99. The van der Waals surface area contributed by atoms with Crippen molar-refractivity contribution in [2.45, 2.75) is 72.2 Å². The van der Waals surface area contributed by atoms with E-state index < -0.39 is 0 Å². The third-order valence-electron chi connectivity index (χ3n) is 6.74. The Morgan fingerprint density at radius 3 is 2.86 bits per heavy atom. The molecular weight excluding hydrogens is 526 g/mol. The van der Waals surface area contributed by atoms with Gasteiger partial charge in [0.1, 0.15) is 23.4 Å². The number of nitriles is 1. The Morgan fingerprint density at radius 1 is 1.38 bits per heavy atom. The highest BCUT2D eigenvalue weighted by Gasteiger charge is 2.32. The van der Waals surface area contributed by atoms with Crippen molar-refractivity contribution in [3.8, 4) is 11.8 Å². The van der Waals surface area contributed by atoms with Crippen molar-refractivity contribution in [1.82, 2.24) is 14.8 Å². The number of thioether (sulfide) groups is 1. The summed E-state index contributed by atoms with van der Waals surface area (Å²) in [5, 5.41) is 23.2. The predicted molar refractivity (Wildman–Crippen MR) is 150 cm³/mol. The number of anilines is 1. The number of hydrogen-bond acceptors (Lipinski definition) is 7. The molecule has 10 heteroatoms. The number of benzene rings is 1. The summed E-state index contributed by atoms with van der Waals surface area (Å²) in [4.78, 5) is 14.1. The van der Waals surface area contributed by atoms with Crippen LogP contribution in [-0.4, -0.2) is 26.4 Å². The molecule has 0 spiro atoms. The van der Waals surface area contributed by atoms with Crippen molar-refractivity contribution in [2.24, 2.45) is 11.3 Å². The smallest absolute Gasteiger partial charge is 0.235 e. The van der Waals surface area contributed by atoms with Crippen LogP contribution in [0.1, 0.15) is 61.5 Å². The first kappa shape index (κ1) is 27.5. The second kappa shape index (κ2) is 11.5. The van der Waals surface area contributed by atoms with E-state index in [0.29, 0.717) is 44.8 Å². The molecule has 1 unspecified atom stereocenters. The zero-order valence-electron chi connectivity index (χ0n) is 21.9. The molecule has 1 N–H and O–H groups in total. The molecule has 4 rings (SSSR count). The third kappa shape index (κ3) is 6.31. The monoisotopic (exact) mass is 557 g/mol. The minimum Gasteiger partial charge on any atom is -0.484 e. The molecule has 1 aliphatic rings. The average Bonchev–Trinajstić information content (AvgIpc) is 3.41. The maximum atomic E-state index is 12.8. The van der Waals surface area contributed by atoms with Gasteiger partial charge in [-0.15, -0.1) is 21.5 Å². The minimum atomic E-state index is -0.164. The fourth-order valence-electron chi connectivity index (χ4n) is 4.54. The number of carbonyl (C=O) groups is 1. The van der Waals surface area contributed by atoms with E-state index in [2.05, 4.69) is 42.4 Å². The van der Waals surface area contributed by atoms with Crippen LogP contribution in [0.3, 0.4) is 0 Å². The fourth-order valence-corrected chi connectivity index (χ4v) is 6.83. The number of rotatable bonds is 8. The second-order valence-corrected chi connectivity index (χ2v) is 12.8. The summed E-state index contributed by atoms with van der Waals surface area (Å²) in [7, 11) is 0. The quantitative estimate of drug-likeness (QED) is 0.311. The zero-order chi connectivity index (χ0) is 26.7. The molecule has 196 valence electrons. The van der Waals surface area contributed by atoms with Gasteiger partial charge in [0.15, 0.2) is 11.0 Å². The fraction of sp³-hybridized carbons (Fsp3) is 0.481. The lowest BCUT2D eigenvalue weighted by Gasteiger charge is -2.33. The molecule has 37 heavy (non-hydrogen) atoms. The van der Waals surface area contributed by atoms with Crippen LogP contribution < -0.4 is 10.1 Å². The molecule has 0 radical (unpaired) electrons. The normalized spacial score (nSPS) is 15.2. The van der Waals surface area contributed by atoms with Gasteiger partial charge in [0, 0.05) is 11.4 Å². The second-order valence-electron chi connectivity index (χ2n) is 10.3. The maximum Gasteiger partial charge on any atom is 0.235 e. The Morgan fingerprint density at radius 2 is 2.16 bits per heavy atom. The van der Waals surface area contributed by atoms with Gasteiger partial charge in [-0.05, 0) is 67.7 Å². The summed E-state index contributed by atoms with van der Waals surface area (Å²) in [6.45, 7) is 11.6. The van der Waals surface area contributed by atoms with Gasteiger partial charge in [0.2, 0.25) is 5.91 Å². The molecule has 1 aliphatic carbocycles. The zero-order valence-corrected chi connectivity index (χ0v) is 24.2. The first-order valence-electron chi connectivity index (χ1n) is 12.4. The van der Waals surface area contributed by atoms with E-state index in [-0.39, 0.29) is 23.7 Å². The molecule has 7 nitrogen and oxygen atoms in total. The van der Waals surface area contributed by atoms with Gasteiger partial charge in [0.05, 0.1) is 16.3 Å². The SMILES string of the molecule is CCn1c(COc2cc(C)ccc2Cl)nnc1SCC(=O)Nc1sc2c(c1C#N)CCC(C(C)(C)C)C2. The molecule has 2 heterocycles. The van der Waals surface area contributed by atoms with Crippen molar-refractivity contribution in [1.29, 1.82) is 5.26 Å². The molecule has 0 saturated carbocycles. The molecule has 2 aromatic heterocycles. The summed E-state index contributed by atoms with van der Waals surface area (Å²) >= 11 is 9.11. The Labute approximate surface area is 231 Å². The maximum absolute atomic E-state index is 12.8. The number of aromatic nitrogens is 3. The van der Waals surface area contributed by atoms with Crippen LogP contribution in [0, 0.1) is 29.6 Å². The van der Waals surface area contributed by atoms with Crippen molar-refractivity contribution in [3.63, 3.8) is 0 Å². The number of carbonyl (C=O) groups excluding carboxylic acids is 1. The number of nitrogens with zero attached hydrogens (tertiary/aromatic N) is 4. The molecule has 0 bridgehead atoms. The lowest BCUT2D eigenvalue weighted by Crippen LogP contribution is -2.26. The molecule has 0 aliphatic heterocycles. The van der Waals surface area contributed by atoms with Crippen LogP contribution in [0.2, 0.25) is 5.02 Å². The summed E-state index contributed by atoms with van der Waals surface area (Å²) < 4.78 is 7.81. The lowest BCUT2D eigenvalue weighted by molar-refractivity contribution is -0.113. The number of aryl methyl sites for hydroxylation is 1. The van der Waals surface area contributed by atoms with E-state index in [1.54, 1.807) is 17.4 Å². The number of hydrogen-bond donors (Lipinski definition) is 1. The Bertz CT molecular complexity index is 1340. The van der Waals surface area contributed by atoms with E-state index in [4.69, 9.17) is 16.3 Å². The largest absolute Gasteiger partial charge is 0.484 e. The van der Waals surface area contributed by atoms with E-state index in [0.717, 1.165) is 30.4 Å². The molecule has 3 aromatic rings.